The summed E-state index contributed by atoms with van der Waals surface area (Å²) >= 11 is 0. The molecule has 0 radical (unpaired) electrons. The highest BCUT2D eigenvalue weighted by Crippen LogP contribution is 1.94. The summed E-state index contributed by atoms with van der Waals surface area (Å²) in [6.07, 6.45) is 2.05. The number of hydrazone groups is 1. The second kappa shape index (κ2) is 3.29. The van der Waals surface area contributed by atoms with Crippen LogP contribution in [0.5, 0.6) is 0 Å². The highest BCUT2D eigenvalue weighted by Gasteiger charge is 2.17. The van der Waals surface area contributed by atoms with Crippen LogP contribution in [0.4, 0.5) is 0 Å². The van der Waals surface area contributed by atoms with Crippen molar-refractivity contribution >= 4 is 24.6 Å². The molecule has 0 unspecified atom stereocenters. The quantitative estimate of drug-likeness (QED) is 0.546. The summed E-state index contributed by atoms with van der Waals surface area (Å²) in [5.41, 5.74) is 2.43. The SMILES string of the molecule is Cl.O=C(O)[C@@H]1CC=NN1. The van der Waals surface area contributed by atoms with Crippen molar-refractivity contribution in [3.05, 3.63) is 0 Å². The van der Waals surface area contributed by atoms with Gasteiger partial charge in [-0.2, -0.15) is 5.10 Å². The van der Waals surface area contributed by atoms with Gasteiger partial charge in [-0.05, 0) is 0 Å². The van der Waals surface area contributed by atoms with Crippen molar-refractivity contribution < 1.29 is 9.90 Å². The van der Waals surface area contributed by atoms with E-state index in [1.165, 1.54) is 0 Å². The topological polar surface area (TPSA) is 61.7 Å². The lowest BCUT2D eigenvalue weighted by Crippen LogP contribution is -2.28. The summed E-state index contributed by atoms with van der Waals surface area (Å²) in [5.74, 6) is -0.845. The van der Waals surface area contributed by atoms with E-state index in [0.717, 1.165) is 0 Å². The molecule has 0 fully saturated rings. The van der Waals surface area contributed by atoms with Crippen molar-refractivity contribution in [3.63, 3.8) is 0 Å². The Bertz CT molecular complexity index is 129. The van der Waals surface area contributed by atoms with Gasteiger partial charge in [0.05, 0.1) is 0 Å². The molecule has 1 rings (SSSR count). The van der Waals surface area contributed by atoms with Crippen LogP contribution in [0, 0.1) is 0 Å². The number of carboxylic acids is 1. The molecule has 0 aromatic carbocycles. The number of nitrogens with one attached hydrogen (secondary N) is 1. The minimum absolute atomic E-state index is 0. The van der Waals surface area contributed by atoms with Crippen LogP contribution in [0.25, 0.3) is 0 Å². The molecule has 0 amide bonds. The van der Waals surface area contributed by atoms with Crippen LogP contribution in [-0.2, 0) is 4.79 Å². The first kappa shape index (κ1) is 8.23. The van der Waals surface area contributed by atoms with Gasteiger partial charge in [0.1, 0.15) is 6.04 Å². The Morgan fingerprint density at radius 3 is 2.78 bits per heavy atom. The van der Waals surface area contributed by atoms with Crippen LogP contribution >= 0.6 is 12.4 Å². The molecule has 0 aromatic heterocycles. The maximum atomic E-state index is 10.1. The second-order valence-electron chi connectivity index (χ2n) is 1.57. The molecule has 0 saturated heterocycles. The van der Waals surface area contributed by atoms with Gasteiger partial charge < -0.3 is 5.11 Å². The van der Waals surface area contributed by atoms with Gasteiger partial charge in [-0.15, -0.1) is 12.4 Å². The monoisotopic (exact) mass is 150 g/mol. The van der Waals surface area contributed by atoms with E-state index in [1.807, 2.05) is 0 Å². The van der Waals surface area contributed by atoms with Gasteiger partial charge in [0.25, 0.3) is 0 Å². The van der Waals surface area contributed by atoms with E-state index < -0.39 is 12.0 Å². The fraction of sp³-hybridized carbons (Fsp3) is 0.500. The summed E-state index contributed by atoms with van der Waals surface area (Å²) in [7, 11) is 0. The molecule has 0 saturated carbocycles. The Morgan fingerprint density at radius 2 is 2.56 bits per heavy atom. The average Bonchev–Trinajstić information content (AvgIpc) is 2.12. The molecular formula is C4H7ClN2O2. The largest absolute Gasteiger partial charge is 0.480 e. The van der Waals surface area contributed by atoms with Gasteiger partial charge in [0, 0.05) is 12.6 Å². The molecule has 2 N–H and O–H groups in total. The zero-order valence-electron chi connectivity index (χ0n) is 4.57. The minimum atomic E-state index is -0.845. The first-order valence-corrected chi connectivity index (χ1v) is 2.30. The first-order chi connectivity index (χ1) is 3.80. The van der Waals surface area contributed by atoms with Crippen molar-refractivity contribution in [2.24, 2.45) is 5.10 Å². The Balaban J connectivity index is 0.000000640. The number of carbonyl (C=O) groups is 1. The Hall–Kier alpha value is -0.770. The summed E-state index contributed by atoms with van der Waals surface area (Å²) < 4.78 is 0. The van der Waals surface area contributed by atoms with Crippen LogP contribution < -0.4 is 5.43 Å². The predicted molar refractivity (Wildman–Crippen MR) is 34.9 cm³/mol. The summed E-state index contributed by atoms with van der Waals surface area (Å²) in [4.78, 5) is 10.1. The molecule has 1 aliphatic heterocycles. The maximum absolute atomic E-state index is 10.1. The lowest BCUT2D eigenvalue weighted by molar-refractivity contribution is -0.139. The van der Waals surface area contributed by atoms with Crippen LogP contribution in [0.2, 0.25) is 0 Å². The minimum Gasteiger partial charge on any atom is -0.480 e. The molecule has 0 bridgehead atoms. The third-order valence-electron chi connectivity index (χ3n) is 0.961. The normalized spacial score (nSPS) is 22.4. The van der Waals surface area contributed by atoms with E-state index in [0.29, 0.717) is 6.42 Å². The fourth-order valence-corrected chi connectivity index (χ4v) is 0.510. The Labute approximate surface area is 58.4 Å². The summed E-state index contributed by atoms with van der Waals surface area (Å²) in [5, 5.41) is 11.8. The van der Waals surface area contributed by atoms with Crippen molar-refractivity contribution in [1.82, 2.24) is 5.43 Å². The zero-order valence-corrected chi connectivity index (χ0v) is 5.39. The third-order valence-corrected chi connectivity index (χ3v) is 0.961. The van der Waals surface area contributed by atoms with E-state index in [1.54, 1.807) is 6.21 Å². The van der Waals surface area contributed by atoms with Crippen LogP contribution in [-0.4, -0.2) is 23.3 Å². The summed E-state index contributed by atoms with van der Waals surface area (Å²) in [6, 6.07) is -0.491. The maximum Gasteiger partial charge on any atom is 0.328 e. The number of halogens is 1. The van der Waals surface area contributed by atoms with Gasteiger partial charge in [-0.25, -0.2) is 4.79 Å². The predicted octanol–water partition coefficient (Wildman–Crippen LogP) is -0.159. The Morgan fingerprint density at radius 1 is 1.89 bits per heavy atom. The summed E-state index contributed by atoms with van der Waals surface area (Å²) in [6.45, 7) is 0. The molecule has 9 heavy (non-hydrogen) atoms. The zero-order chi connectivity index (χ0) is 5.98. The second-order valence-corrected chi connectivity index (χ2v) is 1.57. The molecule has 4 nitrogen and oxygen atoms in total. The smallest absolute Gasteiger partial charge is 0.328 e. The number of hydrogen-bond donors (Lipinski definition) is 2. The number of aliphatic carboxylic acids is 1. The Kier molecular flexibility index (Phi) is 3.01. The van der Waals surface area contributed by atoms with Gasteiger partial charge >= 0.3 is 5.97 Å². The van der Waals surface area contributed by atoms with E-state index in [2.05, 4.69) is 10.5 Å². The van der Waals surface area contributed by atoms with Crippen LogP contribution in [0.1, 0.15) is 6.42 Å². The van der Waals surface area contributed by atoms with Crippen LogP contribution in [0.3, 0.4) is 0 Å². The van der Waals surface area contributed by atoms with Crippen LogP contribution in [0.15, 0.2) is 5.10 Å². The van der Waals surface area contributed by atoms with E-state index in [4.69, 9.17) is 5.11 Å². The van der Waals surface area contributed by atoms with Gasteiger partial charge in [-0.3, -0.25) is 5.43 Å². The number of rotatable bonds is 1. The highest BCUT2D eigenvalue weighted by atomic mass is 35.5. The molecule has 0 aliphatic carbocycles. The number of nitrogens with zero attached hydrogens (tertiary/aromatic N) is 1. The highest BCUT2D eigenvalue weighted by molar-refractivity contribution is 5.85. The number of hydrogen-bond acceptors (Lipinski definition) is 3. The number of carboxylic acid groups (broad SMARTS) is 1. The van der Waals surface area contributed by atoms with E-state index in [9.17, 15) is 4.79 Å². The average molecular weight is 151 g/mol. The van der Waals surface area contributed by atoms with E-state index in [-0.39, 0.29) is 12.4 Å². The van der Waals surface area contributed by atoms with Crippen molar-refractivity contribution in [3.8, 4) is 0 Å². The lowest BCUT2D eigenvalue weighted by atomic mass is 10.2. The molecule has 52 valence electrons. The van der Waals surface area contributed by atoms with Gasteiger partial charge in [-0.1, -0.05) is 0 Å². The molecule has 0 aromatic rings. The lowest BCUT2D eigenvalue weighted by Gasteiger charge is -1.99. The van der Waals surface area contributed by atoms with E-state index >= 15 is 0 Å². The van der Waals surface area contributed by atoms with Crippen molar-refractivity contribution in [2.45, 2.75) is 12.5 Å². The van der Waals surface area contributed by atoms with Crippen molar-refractivity contribution in [2.75, 3.05) is 0 Å². The van der Waals surface area contributed by atoms with Crippen molar-refractivity contribution in [1.29, 1.82) is 0 Å². The first-order valence-electron chi connectivity index (χ1n) is 2.30. The molecule has 0 spiro atoms. The molecule has 1 heterocycles. The molecule has 5 heteroatoms. The third kappa shape index (κ3) is 1.89. The standard InChI is InChI=1S/C4H6N2O2.ClH/c7-4(8)3-1-2-5-6-3;/h2-3,6H,1H2,(H,7,8);1H/t3-;/m0./s1. The molecule has 1 aliphatic rings. The van der Waals surface area contributed by atoms with Gasteiger partial charge in [0.15, 0.2) is 0 Å². The molecule has 1 atom stereocenters. The fourth-order valence-electron chi connectivity index (χ4n) is 0.510. The van der Waals surface area contributed by atoms with Gasteiger partial charge in [0.2, 0.25) is 0 Å². The molecular weight excluding hydrogens is 144 g/mol.